The van der Waals surface area contributed by atoms with Crippen LogP contribution in [0, 0.1) is 46.3 Å². The van der Waals surface area contributed by atoms with E-state index in [4.69, 9.17) is 33.7 Å². The fourth-order valence-electron chi connectivity index (χ4n) is 12.2. The molecule has 20 nitrogen and oxygen atoms in total. The van der Waals surface area contributed by atoms with Crippen molar-refractivity contribution in [1.82, 2.24) is 0 Å². The smallest absolute Gasteiger partial charge is 0.222 e. The highest BCUT2D eigenvalue weighted by Gasteiger charge is 2.63. The van der Waals surface area contributed by atoms with Crippen LogP contribution in [0.5, 0.6) is 0 Å². The number of ether oxygens (including phenoxy) is 6. The van der Waals surface area contributed by atoms with Crippen molar-refractivity contribution >= 4 is 11.6 Å². The second kappa shape index (κ2) is 19.5. The second-order valence-electron chi connectivity index (χ2n) is 19.8. The summed E-state index contributed by atoms with van der Waals surface area (Å²) in [7, 11) is 0. The Labute approximate surface area is 365 Å². The Kier molecular flexibility index (Phi) is 15.3. The first-order chi connectivity index (χ1) is 29.7. The summed E-state index contributed by atoms with van der Waals surface area (Å²) in [6, 6.07) is 0. The predicted octanol–water partition coefficient (Wildman–Crippen LogP) is -1.40. The van der Waals surface area contributed by atoms with E-state index in [0.29, 0.717) is 25.7 Å². The maximum Gasteiger partial charge on any atom is 0.222 e. The van der Waals surface area contributed by atoms with Gasteiger partial charge in [0.25, 0.3) is 0 Å². The number of rotatable bonds is 14. The number of fused-ring (bicyclic) bond motifs is 5. The minimum Gasteiger partial charge on any atom is -0.394 e. The molecule has 7 unspecified atom stereocenters. The third-order valence-corrected chi connectivity index (χ3v) is 16.0. The van der Waals surface area contributed by atoms with Gasteiger partial charge in [0.15, 0.2) is 25.2 Å². The molecule has 63 heavy (non-hydrogen) atoms. The summed E-state index contributed by atoms with van der Waals surface area (Å²) in [6.07, 6.45) is -17.4. The van der Waals surface area contributed by atoms with Crippen LogP contribution in [0.25, 0.3) is 0 Å². The molecule has 3 saturated carbocycles. The average Bonchev–Trinajstić information content (AvgIpc) is 3.54. The van der Waals surface area contributed by atoms with Crippen molar-refractivity contribution in [3.8, 4) is 0 Å². The van der Waals surface area contributed by atoms with Crippen LogP contribution in [0.2, 0.25) is 0 Å². The van der Waals surface area contributed by atoms with E-state index < -0.39 is 117 Å². The molecular formula is C43H68O20. The molecule has 0 radical (unpaired) electrons. The lowest BCUT2D eigenvalue weighted by molar-refractivity contribution is -0.428. The van der Waals surface area contributed by atoms with Gasteiger partial charge >= 0.3 is 0 Å². The van der Waals surface area contributed by atoms with Gasteiger partial charge in [0.2, 0.25) is 6.29 Å². The zero-order valence-corrected chi connectivity index (χ0v) is 36.2. The van der Waals surface area contributed by atoms with Gasteiger partial charge in [0.1, 0.15) is 72.6 Å². The molecule has 20 heteroatoms. The van der Waals surface area contributed by atoms with Crippen LogP contribution in [0.15, 0.2) is 11.6 Å². The lowest BCUT2D eigenvalue weighted by Gasteiger charge is -2.58. The van der Waals surface area contributed by atoms with Crippen molar-refractivity contribution in [3.05, 3.63) is 11.6 Å². The number of aliphatic hydroxyl groups excluding tert-OH is 10. The number of Topliss-reactive ketones (excluding diaryl/α,β-unsaturated/α-hetero) is 2. The van der Waals surface area contributed by atoms with Crippen LogP contribution in [0.1, 0.15) is 85.5 Å². The SMILES string of the molecule is C[C@H](CCC(=O)[C@@H](C)[C@H]1C(=O)C[C@H]2[C@@H]3CC=C4CC(O[C@@H]5OC(CO)[C@@H](O)C(O)[C@@H]5O[C@@H]5OC(O)[C@H](O)C(O)[C@@H]5O)CC[C@]4(C)[C@H]3CC[C@]12C)CO[C@@H]1OC(OO)[C@@H](O)C(O)[C@@H]1O. The lowest BCUT2D eigenvalue weighted by Crippen LogP contribution is -2.64. The Morgan fingerprint density at radius 2 is 1.46 bits per heavy atom. The summed E-state index contributed by atoms with van der Waals surface area (Å²) in [5, 5.41) is 112. The van der Waals surface area contributed by atoms with Gasteiger partial charge in [-0.15, -0.1) is 0 Å². The average molecular weight is 905 g/mol. The quantitative estimate of drug-likeness (QED) is 0.0543. The molecule has 11 N–H and O–H groups in total. The molecule has 0 aromatic heterocycles. The highest BCUT2D eigenvalue weighted by atomic mass is 17.1. The molecule has 0 amide bonds. The van der Waals surface area contributed by atoms with Crippen LogP contribution in [-0.4, -0.2) is 180 Å². The van der Waals surface area contributed by atoms with E-state index in [1.165, 1.54) is 5.57 Å². The lowest BCUT2D eigenvalue weighted by atomic mass is 9.47. The van der Waals surface area contributed by atoms with Crippen molar-refractivity contribution in [1.29, 1.82) is 0 Å². The van der Waals surface area contributed by atoms with Gasteiger partial charge < -0.3 is 79.5 Å². The van der Waals surface area contributed by atoms with Crippen molar-refractivity contribution in [2.24, 2.45) is 46.3 Å². The maximum absolute atomic E-state index is 14.0. The van der Waals surface area contributed by atoms with Crippen LogP contribution in [0.3, 0.4) is 0 Å². The molecule has 3 saturated heterocycles. The molecule has 0 spiro atoms. The summed E-state index contributed by atoms with van der Waals surface area (Å²) < 4.78 is 34.1. The number of hydrogen-bond acceptors (Lipinski definition) is 20. The maximum atomic E-state index is 14.0. The summed E-state index contributed by atoms with van der Waals surface area (Å²) >= 11 is 0. The Morgan fingerprint density at radius 3 is 2.16 bits per heavy atom. The van der Waals surface area contributed by atoms with Crippen molar-refractivity contribution in [3.63, 3.8) is 0 Å². The fraction of sp³-hybridized carbons (Fsp3) is 0.907. The van der Waals surface area contributed by atoms with E-state index in [-0.39, 0.29) is 59.1 Å². The topological polar surface area (TPSA) is 321 Å². The van der Waals surface area contributed by atoms with Crippen LogP contribution >= 0.6 is 0 Å². The minimum absolute atomic E-state index is 0.0140. The number of aliphatic hydroxyl groups is 10. The third kappa shape index (κ3) is 9.22. The molecule has 0 bridgehead atoms. The molecule has 6 fully saturated rings. The van der Waals surface area contributed by atoms with E-state index in [0.717, 1.165) is 25.7 Å². The highest BCUT2D eigenvalue weighted by molar-refractivity contribution is 5.92. The highest BCUT2D eigenvalue weighted by Crippen LogP contribution is 2.66. The molecule has 0 aromatic carbocycles. The summed E-state index contributed by atoms with van der Waals surface area (Å²) in [5.74, 6) is -0.388. The van der Waals surface area contributed by atoms with Crippen molar-refractivity contribution < 1.29 is 99.2 Å². The van der Waals surface area contributed by atoms with Gasteiger partial charge in [-0.25, -0.2) is 10.1 Å². The van der Waals surface area contributed by atoms with E-state index in [9.17, 15) is 60.7 Å². The van der Waals surface area contributed by atoms with E-state index >= 15 is 0 Å². The minimum atomic E-state index is -1.92. The molecule has 3 aliphatic heterocycles. The number of hydrogen-bond donors (Lipinski definition) is 11. The zero-order chi connectivity index (χ0) is 45.9. The van der Waals surface area contributed by atoms with Crippen molar-refractivity contribution in [2.75, 3.05) is 13.2 Å². The Morgan fingerprint density at radius 1 is 0.778 bits per heavy atom. The third-order valence-electron chi connectivity index (χ3n) is 16.0. The van der Waals surface area contributed by atoms with Crippen LogP contribution in [-0.2, 0) is 42.9 Å². The van der Waals surface area contributed by atoms with E-state index in [1.54, 1.807) is 0 Å². The van der Waals surface area contributed by atoms with E-state index in [2.05, 4.69) is 24.8 Å². The Balaban J connectivity index is 0.964. The monoisotopic (exact) mass is 904 g/mol. The molecule has 7 rings (SSSR count). The standard InChI is InChI=1S/C43H68O20/c1-17(16-57-38-33(52)30(49)35(54)40(62-38)63-56)5-8-24(45)18(2)27-25(46)14-23-21-7-6-19-13-20(9-11-42(19,3)22(21)10-12-43(23,27)4)58-41-36(31(50)28(47)26(15-44)59-41)60-39-34(53)29(48)32(51)37(55)61-39/h6,17-18,20-23,26-41,44,47-56H,5,7-16H2,1-4H3/t17-,18-,20?,21-,22+,23+,26?,27+,28-,29?,30?,31?,32-,33+,34+,35+,36+,37?,38-,39-,40?,41-,42+,43+/m1/s1. The Hall–Kier alpha value is -1.64. The normalized spacial score (nSPS) is 49.9. The van der Waals surface area contributed by atoms with Crippen LogP contribution in [0.4, 0.5) is 0 Å². The first kappa shape index (κ1) is 49.3. The molecule has 360 valence electrons. The summed E-state index contributed by atoms with van der Waals surface area (Å²) in [4.78, 5) is 31.8. The molecule has 4 aliphatic carbocycles. The molecule has 0 aromatic rings. The van der Waals surface area contributed by atoms with Gasteiger partial charge in [-0.2, -0.15) is 0 Å². The summed E-state index contributed by atoms with van der Waals surface area (Å²) in [5.41, 5.74) is 0.634. The Bertz CT molecular complexity index is 1630. The van der Waals surface area contributed by atoms with E-state index in [1.807, 2.05) is 13.8 Å². The number of carbonyl (C=O) groups is 2. The zero-order valence-electron chi connectivity index (χ0n) is 36.2. The van der Waals surface area contributed by atoms with Gasteiger partial charge in [-0.05, 0) is 79.4 Å². The number of ketones is 2. The second-order valence-corrected chi connectivity index (χ2v) is 19.8. The molecule has 7 aliphatic rings. The first-order valence-electron chi connectivity index (χ1n) is 22.4. The molecule has 24 atom stereocenters. The predicted molar refractivity (Wildman–Crippen MR) is 211 cm³/mol. The number of allylic oxidation sites excluding steroid dienone is 1. The van der Waals surface area contributed by atoms with Gasteiger partial charge in [-0.3, -0.25) is 9.59 Å². The van der Waals surface area contributed by atoms with Crippen LogP contribution < -0.4 is 0 Å². The number of carbonyl (C=O) groups excluding carboxylic acids is 2. The summed E-state index contributed by atoms with van der Waals surface area (Å²) in [6.45, 7) is 7.55. The molecular weight excluding hydrogens is 836 g/mol. The first-order valence-corrected chi connectivity index (χ1v) is 22.4. The van der Waals surface area contributed by atoms with Crippen molar-refractivity contribution in [2.45, 2.75) is 184 Å². The largest absolute Gasteiger partial charge is 0.394 e. The van der Waals surface area contributed by atoms with Gasteiger partial charge in [0, 0.05) is 24.7 Å². The fourth-order valence-corrected chi connectivity index (χ4v) is 12.2. The van der Waals surface area contributed by atoms with Gasteiger partial charge in [0.05, 0.1) is 19.3 Å². The molecule has 3 heterocycles. The van der Waals surface area contributed by atoms with Gasteiger partial charge in [-0.1, -0.05) is 39.3 Å².